The van der Waals surface area contributed by atoms with Crippen LogP contribution in [0.2, 0.25) is 0 Å². The average molecular weight is 190 g/mol. The number of rotatable bonds is 3. The SMILES string of the molecule is O=C/C(=C\c1ccc(F)cc1)C1CC1. The van der Waals surface area contributed by atoms with Gasteiger partial charge in [-0.25, -0.2) is 4.39 Å². The van der Waals surface area contributed by atoms with Crippen molar-refractivity contribution >= 4 is 12.4 Å². The molecule has 0 heterocycles. The van der Waals surface area contributed by atoms with Gasteiger partial charge in [0.2, 0.25) is 0 Å². The molecular weight excluding hydrogens is 179 g/mol. The summed E-state index contributed by atoms with van der Waals surface area (Å²) in [7, 11) is 0. The van der Waals surface area contributed by atoms with Gasteiger partial charge < -0.3 is 0 Å². The number of carbonyl (C=O) groups is 1. The van der Waals surface area contributed by atoms with Gasteiger partial charge in [0, 0.05) is 0 Å². The van der Waals surface area contributed by atoms with Crippen molar-refractivity contribution in [2.75, 3.05) is 0 Å². The van der Waals surface area contributed by atoms with E-state index < -0.39 is 0 Å². The van der Waals surface area contributed by atoms with E-state index in [1.807, 2.05) is 6.08 Å². The van der Waals surface area contributed by atoms with E-state index in [4.69, 9.17) is 0 Å². The monoisotopic (exact) mass is 190 g/mol. The zero-order valence-electron chi connectivity index (χ0n) is 7.74. The molecule has 1 aliphatic carbocycles. The van der Waals surface area contributed by atoms with Crippen LogP contribution in [0.15, 0.2) is 29.8 Å². The Hall–Kier alpha value is -1.44. The Morgan fingerprint density at radius 3 is 2.43 bits per heavy atom. The predicted octanol–water partition coefficient (Wildman–Crippen LogP) is 2.82. The van der Waals surface area contributed by atoms with Crippen molar-refractivity contribution in [1.29, 1.82) is 0 Å². The van der Waals surface area contributed by atoms with Crippen molar-refractivity contribution in [2.24, 2.45) is 5.92 Å². The topological polar surface area (TPSA) is 17.1 Å². The zero-order chi connectivity index (χ0) is 9.97. The van der Waals surface area contributed by atoms with E-state index >= 15 is 0 Å². The molecule has 0 saturated heterocycles. The first kappa shape index (κ1) is 9.13. The van der Waals surface area contributed by atoms with E-state index in [1.165, 1.54) is 12.1 Å². The highest BCUT2D eigenvalue weighted by molar-refractivity contribution is 5.83. The maximum absolute atomic E-state index is 12.6. The summed E-state index contributed by atoms with van der Waals surface area (Å²) in [5, 5.41) is 0. The van der Waals surface area contributed by atoms with Crippen molar-refractivity contribution < 1.29 is 9.18 Å². The normalized spacial score (nSPS) is 16.8. The van der Waals surface area contributed by atoms with Crippen LogP contribution in [0.4, 0.5) is 4.39 Å². The van der Waals surface area contributed by atoms with Crippen molar-refractivity contribution in [3.8, 4) is 0 Å². The Labute approximate surface area is 82.3 Å². The van der Waals surface area contributed by atoms with Gasteiger partial charge in [0.05, 0.1) is 0 Å². The summed E-state index contributed by atoms with van der Waals surface area (Å²) in [6.07, 6.45) is 4.95. The third-order valence-electron chi connectivity index (χ3n) is 2.39. The quantitative estimate of drug-likeness (QED) is 0.529. The predicted molar refractivity (Wildman–Crippen MR) is 53.2 cm³/mol. The van der Waals surface area contributed by atoms with Gasteiger partial charge in [-0.05, 0) is 48.1 Å². The van der Waals surface area contributed by atoms with Gasteiger partial charge in [-0.1, -0.05) is 12.1 Å². The van der Waals surface area contributed by atoms with E-state index in [2.05, 4.69) is 0 Å². The molecular formula is C12H11FO. The third kappa shape index (κ3) is 2.08. The minimum atomic E-state index is -0.249. The van der Waals surface area contributed by atoms with Gasteiger partial charge in [-0.2, -0.15) is 0 Å². The molecule has 1 aromatic carbocycles. The summed E-state index contributed by atoms with van der Waals surface area (Å²) in [6.45, 7) is 0. The molecule has 0 N–H and O–H groups in total. The minimum absolute atomic E-state index is 0.249. The molecule has 0 atom stereocenters. The number of benzene rings is 1. The van der Waals surface area contributed by atoms with Crippen LogP contribution in [0, 0.1) is 11.7 Å². The number of allylic oxidation sites excluding steroid dienone is 1. The molecule has 1 aromatic rings. The molecule has 1 nitrogen and oxygen atoms in total. The first-order valence-electron chi connectivity index (χ1n) is 4.72. The Bertz CT molecular complexity index is 360. The molecule has 14 heavy (non-hydrogen) atoms. The third-order valence-corrected chi connectivity index (χ3v) is 2.39. The number of halogens is 1. The van der Waals surface area contributed by atoms with E-state index in [1.54, 1.807) is 12.1 Å². The number of aldehydes is 1. The lowest BCUT2D eigenvalue weighted by atomic mass is 10.1. The molecule has 1 aliphatic rings. The second-order valence-electron chi connectivity index (χ2n) is 3.59. The second kappa shape index (κ2) is 3.74. The van der Waals surface area contributed by atoms with Crippen molar-refractivity contribution in [1.82, 2.24) is 0 Å². The summed E-state index contributed by atoms with van der Waals surface area (Å²) in [5.41, 5.74) is 1.72. The standard InChI is InChI=1S/C12H11FO/c13-12-5-1-9(2-6-12)7-11(8-14)10-3-4-10/h1-2,5-8,10H,3-4H2/b11-7+. The Morgan fingerprint density at radius 2 is 1.93 bits per heavy atom. The summed E-state index contributed by atoms with van der Waals surface area (Å²) in [5.74, 6) is 0.193. The molecule has 0 spiro atoms. The lowest BCUT2D eigenvalue weighted by Crippen LogP contribution is -1.87. The second-order valence-corrected chi connectivity index (χ2v) is 3.59. The Kier molecular flexibility index (Phi) is 2.44. The Morgan fingerprint density at radius 1 is 1.29 bits per heavy atom. The van der Waals surface area contributed by atoms with Gasteiger partial charge >= 0.3 is 0 Å². The van der Waals surface area contributed by atoms with Gasteiger partial charge in [0.25, 0.3) is 0 Å². The first-order valence-corrected chi connectivity index (χ1v) is 4.72. The van der Waals surface area contributed by atoms with Crippen LogP contribution in [0.5, 0.6) is 0 Å². The zero-order valence-corrected chi connectivity index (χ0v) is 7.74. The molecule has 1 fully saturated rings. The molecule has 2 rings (SSSR count). The molecule has 0 radical (unpaired) electrons. The summed E-state index contributed by atoms with van der Waals surface area (Å²) >= 11 is 0. The molecule has 2 heteroatoms. The average Bonchev–Trinajstić information content (AvgIpc) is 3.01. The molecule has 0 unspecified atom stereocenters. The van der Waals surface area contributed by atoms with Crippen LogP contribution in [-0.2, 0) is 4.79 Å². The number of carbonyl (C=O) groups excluding carboxylic acids is 1. The van der Waals surface area contributed by atoms with Crippen molar-refractivity contribution in [3.05, 3.63) is 41.2 Å². The van der Waals surface area contributed by atoms with Crippen LogP contribution >= 0.6 is 0 Å². The maximum atomic E-state index is 12.6. The molecule has 0 aliphatic heterocycles. The van der Waals surface area contributed by atoms with Gasteiger partial charge in [-0.15, -0.1) is 0 Å². The highest BCUT2D eigenvalue weighted by Gasteiger charge is 2.25. The fraction of sp³-hybridized carbons (Fsp3) is 0.250. The maximum Gasteiger partial charge on any atom is 0.146 e. The summed E-state index contributed by atoms with van der Waals surface area (Å²) in [4.78, 5) is 10.7. The van der Waals surface area contributed by atoms with E-state index in [0.717, 1.165) is 30.3 Å². The Balaban J connectivity index is 2.21. The van der Waals surface area contributed by atoms with E-state index in [9.17, 15) is 9.18 Å². The van der Waals surface area contributed by atoms with E-state index in [0.29, 0.717) is 5.92 Å². The van der Waals surface area contributed by atoms with Crippen LogP contribution in [-0.4, -0.2) is 6.29 Å². The van der Waals surface area contributed by atoms with Crippen molar-refractivity contribution in [2.45, 2.75) is 12.8 Å². The fourth-order valence-corrected chi connectivity index (χ4v) is 1.42. The van der Waals surface area contributed by atoms with Crippen molar-refractivity contribution in [3.63, 3.8) is 0 Å². The number of hydrogen-bond acceptors (Lipinski definition) is 1. The van der Waals surface area contributed by atoms with Crippen LogP contribution in [0.1, 0.15) is 18.4 Å². The van der Waals surface area contributed by atoms with Gasteiger partial charge in [-0.3, -0.25) is 4.79 Å². The summed E-state index contributed by atoms with van der Waals surface area (Å²) < 4.78 is 12.6. The minimum Gasteiger partial charge on any atom is -0.298 e. The van der Waals surface area contributed by atoms with Crippen LogP contribution in [0.3, 0.4) is 0 Å². The molecule has 72 valence electrons. The molecule has 0 bridgehead atoms. The molecule has 0 aromatic heterocycles. The highest BCUT2D eigenvalue weighted by Crippen LogP contribution is 2.36. The largest absolute Gasteiger partial charge is 0.298 e. The highest BCUT2D eigenvalue weighted by atomic mass is 19.1. The van der Waals surface area contributed by atoms with Crippen LogP contribution in [0.25, 0.3) is 6.08 Å². The first-order chi connectivity index (χ1) is 6.79. The molecule has 1 saturated carbocycles. The van der Waals surface area contributed by atoms with Gasteiger partial charge in [0.1, 0.15) is 12.1 Å². The lowest BCUT2D eigenvalue weighted by Gasteiger charge is -1.96. The fourth-order valence-electron chi connectivity index (χ4n) is 1.42. The lowest BCUT2D eigenvalue weighted by molar-refractivity contribution is -0.105. The van der Waals surface area contributed by atoms with Gasteiger partial charge in [0.15, 0.2) is 0 Å². The smallest absolute Gasteiger partial charge is 0.146 e. The van der Waals surface area contributed by atoms with E-state index in [-0.39, 0.29) is 5.82 Å². The summed E-state index contributed by atoms with van der Waals surface area (Å²) in [6, 6.07) is 6.17. The molecule has 0 amide bonds. The van der Waals surface area contributed by atoms with Crippen LogP contribution < -0.4 is 0 Å². The number of hydrogen-bond donors (Lipinski definition) is 0.